The van der Waals surface area contributed by atoms with Crippen LogP contribution in [-0.2, 0) is 11.3 Å². The van der Waals surface area contributed by atoms with Gasteiger partial charge in [0, 0.05) is 18.3 Å². The predicted molar refractivity (Wildman–Crippen MR) is 131 cm³/mol. The van der Waals surface area contributed by atoms with Crippen LogP contribution in [0, 0.1) is 0 Å². The van der Waals surface area contributed by atoms with Gasteiger partial charge in [0.15, 0.2) is 11.0 Å². The Morgan fingerprint density at radius 3 is 2.28 bits per heavy atom. The maximum Gasteiger partial charge on any atom is 0.240 e. The molecule has 0 spiro atoms. The van der Waals surface area contributed by atoms with Gasteiger partial charge in [-0.1, -0.05) is 84.0 Å². The highest BCUT2D eigenvalue weighted by atomic mass is 35.5. The fraction of sp³-hybridized carbons (Fsp3) is 0.160. The molecular weight excluding hydrogens is 440 g/mol. The van der Waals surface area contributed by atoms with Crippen LogP contribution < -0.4 is 4.90 Å². The Morgan fingerprint density at radius 1 is 0.969 bits per heavy atom. The smallest absolute Gasteiger partial charge is 0.240 e. The first-order valence-electron chi connectivity index (χ1n) is 10.3. The van der Waals surface area contributed by atoms with E-state index in [2.05, 4.69) is 22.3 Å². The summed E-state index contributed by atoms with van der Waals surface area (Å²) in [5, 5.41) is 9.81. The molecule has 0 aliphatic carbocycles. The number of carbonyl (C=O) groups excluding carboxylic acids is 1. The molecule has 32 heavy (non-hydrogen) atoms. The van der Waals surface area contributed by atoms with Crippen LogP contribution in [0.25, 0.3) is 11.4 Å². The molecule has 0 saturated carbocycles. The number of benzene rings is 3. The summed E-state index contributed by atoms with van der Waals surface area (Å²) in [5.41, 5.74) is 2.78. The molecule has 3 aromatic carbocycles. The van der Waals surface area contributed by atoms with Crippen LogP contribution in [0.15, 0.2) is 90.1 Å². The number of aromatic nitrogens is 3. The molecule has 4 aromatic rings. The van der Waals surface area contributed by atoms with E-state index in [4.69, 9.17) is 11.6 Å². The third kappa shape index (κ3) is 4.87. The van der Waals surface area contributed by atoms with Crippen LogP contribution in [0.1, 0.15) is 12.5 Å². The van der Waals surface area contributed by atoms with Crippen molar-refractivity contribution in [2.24, 2.45) is 0 Å². The van der Waals surface area contributed by atoms with Crippen molar-refractivity contribution in [3.05, 3.63) is 95.5 Å². The van der Waals surface area contributed by atoms with Crippen LogP contribution >= 0.6 is 23.4 Å². The number of nitrogens with zero attached hydrogens (tertiary/aromatic N) is 4. The quantitative estimate of drug-likeness (QED) is 0.326. The van der Waals surface area contributed by atoms with Crippen molar-refractivity contribution < 1.29 is 4.79 Å². The van der Waals surface area contributed by atoms with E-state index in [1.54, 1.807) is 11.9 Å². The molecule has 0 bridgehead atoms. The van der Waals surface area contributed by atoms with Crippen molar-refractivity contribution in [2.75, 3.05) is 11.9 Å². The molecule has 1 atom stereocenters. The first kappa shape index (κ1) is 22.1. The van der Waals surface area contributed by atoms with E-state index in [1.165, 1.54) is 11.8 Å². The van der Waals surface area contributed by atoms with Crippen molar-refractivity contribution in [3.63, 3.8) is 0 Å². The van der Waals surface area contributed by atoms with Crippen molar-refractivity contribution >= 4 is 35.0 Å². The number of carbonyl (C=O) groups is 1. The summed E-state index contributed by atoms with van der Waals surface area (Å²) in [6, 6.07) is 27.3. The first-order chi connectivity index (χ1) is 15.5. The summed E-state index contributed by atoms with van der Waals surface area (Å²) in [6.45, 7) is 2.47. The second-order valence-electron chi connectivity index (χ2n) is 7.35. The van der Waals surface area contributed by atoms with Crippen LogP contribution in [0.2, 0.25) is 5.02 Å². The van der Waals surface area contributed by atoms with E-state index in [-0.39, 0.29) is 11.2 Å². The van der Waals surface area contributed by atoms with Crippen molar-refractivity contribution in [3.8, 4) is 11.4 Å². The predicted octanol–water partition coefficient (Wildman–Crippen LogP) is 5.79. The number of rotatable bonds is 7. The molecule has 0 saturated heterocycles. The van der Waals surface area contributed by atoms with Gasteiger partial charge in [0.25, 0.3) is 0 Å². The van der Waals surface area contributed by atoms with Gasteiger partial charge in [-0.05, 0) is 36.8 Å². The maximum atomic E-state index is 13.1. The fourth-order valence-corrected chi connectivity index (χ4v) is 4.55. The summed E-state index contributed by atoms with van der Waals surface area (Å²) in [7, 11) is 1.79. The Balaban J connectivity index is 1.64. The SMILES string of the molecule is C[C@@H](Sc1nnc(-c2ccccc2Cl)n1Cc1ccccc1)C(=O)N(C)c1ccccc1. The van der Waals surface area contributed by atoms with Gasteiger partial charge in [-0.3, -0.25) is 9.36 Å². The van der Waals surface area contributed by atoms with Gasteiger partial charge in [0.1, 0.15) is 0 Å². The number of hydrogen-bond donors (Lipinski definition) is 0. The molecule has 7 heteroatoms. The second-order valence-corrected chi connectivity index (χ2v) is 9.07. The third-order valence-electron chi connectivity index (χ3n) is 5.12. The molecule has 162 valence electrons. The van der Waals surface area contributed by atoms with Crippen LogP contribution in [0.4, 0.5) is 5.69 Å². The molecule has 0 fully saturated rings. The number of halogens is 1. The highest BCUT2D eigenvalue weighted by Gasteiger charge is 2.24. The minimum absolute atomic E-state index is 0.00486. The summed E-state index contributed by atoms with van der Waals surface area (Å²) in [6.07, 6.45) is 0. The van der Waals surface area contributed by atoms with E-state index >= 15 is 0 Å². The minimum Gasteiger partial charge on any atom is -0.315 e. The second kappa shape index (κ2) is 10.0. The molecule has 1 aromatic heterocycles. The lowest BCUT2D eigenvalue weighted by atomic mass is 10.2. The highest BCUT2D eigenvalue weighted by molar-refractivity contribution is 8.00. The number of anilines is 1. The molecule has 1 heterocycles. The van der Waals surface area contributed by atoms with E-state index < -0.39 is 0 Å². The Morgan fingerprint density at radius 2 is 1.59 bits per heavy atom. The van der Waals surface area contributed by atoms with Crippen molar-refractivity contribution in [1.29, 1.82) is 0 Å². The highest BCUT2D eigenvalue weighted by Crippen LogP contribution is 2.32. The lowest BCUT2D eigenvalue weighted by Gasteiger charge is -2.21. The molecule has 0 unspecified atom stereocenters. The Labute approximate surface area is 197 Å². The average Bonchev–Trinajstić information content (AvgIpc) is 3.21. The van der Waals surface area contributed by atoms with E-state index in [9.17, 15) is 4.79 Å². The number of thioether (sulfide) groups is 1. The van der Waals surface area contributed by atoms with E-state index in [0.29, 0.717) is 22.5 Å². The maximum absolute atomic E-state index is 13.1. The van der Waals surface area contributed by atoms with Gasteiger partial charge in [-0.15, -0.1) is 10.2 Å². The summed E-state index contributed by atoms with van der Waals surface area (Å²) in [4.78, 5) is 14.7. The molecule has 0 aliphatic rings. The largest absolute Gasteiger partial charge is 0.315 e. The van der Waals surface area contributed by atoms with Gasteiger partial charge < -0.3 is 4.90 Å². The standard InChI is InChI=1S/C25H23ClN4OS/c1-18(24(31)29(2)20-13-7-4-8-14-20)32-25-28-27-23(21-15-9-10-16-22(21)26)30(25)17-19-11-5-3-6-12-19/h3-16,18H,17H2,1-2H3/t18-/m1/s1. The van der Waals surface area contributed by atoms with Gasteiger partial charge in [0.2, 0.25) is 5.91 Å². The Hall–Kier alpha value is -3.09. The summed E-state index contributed by atoms with van der Waals surface area (Å²) < 4.78 is 2.02. The number of amides is 1. The Kier molecular flexibility index (Phi) is 6.93. The van der Waals surface area contributed by atoms with Crippen molar-refractivity contribution in [1.82, 2.24) is 14.8 Å². The average molecular weight is 463 g/mol. The molecule has 4 rings (SSSR count). The van der Waals surface area contributed by atoms with Gasteiger partial charge >= 0.3 is 0 Å². The monoisotopic (exact) mass is 462 g/mol. The van der Waals surface area contributed by atoms with E-state index in [1.807, 2.05) is 84.3 Å². The van der Waals surface area contributed by atoms with Crippen LogP contribution in [0.5, 0.6) is 0 Å². The van der Waals surface area contributed by atoms with Crippen molar-refractivity contribution in [2.45, 2.75) is 23.9 Å². The molecule has 0 N–H and O–H groups in total. The lowest BCUT2D eigenvalue weighted by molar-refractivity contribution is -0.117. The molecular formula is C25H23ClN4OS. The zero-order valence-corrected chi connectivity index (χ0v) is 19.4. The van der Waals surface area contributed by atoms with Gasteiger partial charge in [0.05, 0.1) is 16.8 Å². The molecule has 1 amide bonds. The topological polar surface area (TPSA) is 51.0 Å². The molecule has 0 radical (unpaired) electrons. The summed E-state index contributed by atoms with van der Waals surface area (Å²) >= 11 is 7.86. The molecule has 5 nitrogen and oxygen atoms in total. The van der Waals surface area contributed by atoms with Crippen LogP contribution in [0.3, 0.4) is 0 Å². The minimum atomic E-state index is -0.349. The third-order valence-corrected chi connectivity index (χ3v) is 6.52. The summed E-state index contributed by atoms with van der Waals surface area (Å²) in [5.74, 6) is 0.674. The van der Waals surface area contributed by atoms with Gasteiger partial charge in [-0.2, -0.15) is 0 Å². The first-order valence-corrected chi connectivity index (χ1v) is 11.5. The molecule has 0 aliphatic heterocycles. The lowest BCUT2D eigenvalue weighted by Crippen LogP contribution is -2.33. The zero-order chi connectivity index (χ0) is 22.5. The number of hydrogen-bond acceptors (Lipinski definition) is 4. The Bertz CT molecular complexity index is 1200. The fourth-order valence-electron chi connectivity index (χ4n) is 3.39. The normalized spacial score (nSPS) is 11.8. The van der Waals surface area contributed by atoms with Gasteiger partial charge in [-0.25, -0.2) is 0 Å². The zero-order valence-electron chi connectivity index (χ0n) is 17.9. The van der Waals surface area contributed by atoms with Crippen LogP contribution in [-0.4, -0.2) is 33.0 Å². The number of para-hydroxylation sites is 1. The van der Waals surface area contributed by atoms with E-state index in [0.717, 1.165) is 16.8 Å².